The van der Waals surface area contributed by atoms with Gasteiger partial charge >= 0.3 is 0 Å². The van der Waals surface area contributed by atoms with Crippen molar-refractivity contribution in [3.63, 3.8) is 0 Å². The number of aromatic hydroxyl groups is 1. The molecule has 0 heterocycles. The number of fused-ring (bicyclic) bond motifs is 1. The Labute approximate surface area is 118 Å². The van der Waals surface area contributed by atoms with Gasteiger partial charge in [-0.2, -0.15) is 0 Å². The van der Waals surface area contributed by atoms with Crippen molar-refractivity contribution in [2.75, 3.05) is 0 Å². The van der Waals surface area contributed by atoms with E-state index in [0.29, 0.717) is 0 Å². The molecule has 102 valence electrons. The highest BCUT2D eigenvalue weighted by Gasteiger charge is 2.20. The third-order valence-electron chi connectivity index (χ3n) is 2.45. The molecule has 2 rings (SSSR count). The van der Waals surface area contributed by atoms with Crippen LogP contribution in [0, 0.1) is 0 Å². The molecule has 2 aromatic carbocycles. The summed E-state index contributed by atoms with van der Waals surface area (Å²) >= 11 is 0. The quantitative estimate of drug-likeness (QED) is 0.848. The second kappa shape index (κ2) is 4.52. The van der Waals surface area contributed by atoms with Crippen molar-refractivity contribution >= 4 is 50.2 Å². The van der Waals surface area contributed by atoms with Gasteiger partial charge in [0.15, 0.2) is 0 Å². The fourth-order valence-electron chi connectivity index (χ4n) is 1.68. The van der Waals surface area contributed by atoms with E-state index >= 15 is 0 Å². The van der Waals surface area contributed by atoms with Crippen LogP contribution in [0.15, 0.2) is 40.1 Å². The van der Waals surface area contributed by atoms with Crippen LogP contribution in [-0.2, 0) is 18.1 Å². The zero-order chi connectivity index (χ0) is 14.4. The first-order valence-corrected chi connectivity index (χ1v) is 9.37. The predicted molar refractivity (Wildman–Crippen MR) is 71.7 cm³/mol. The molecule has 0 radical (unpaired) electrons. The summed E-state index contributed by atoms with van der Waals surface area (Å²) in [6, 6.07) is 6.03. The molecule has 0 saturated heterocycles. The van der Waals surface area contributed by atoms with Crippen molar-refractivity contribution in [1.82, 2.24) is 0 Å². The van der Waals surface area contributed by atoms with E-state index in [2.05, 4.69) is 0 Å². The van der Waals surface area contributed by atoms with Gasteiger partial charge in [0, 0.05) is 26.8 Å². The summed E-state index contributed by atoms with van der Waals surface area (Å²) in [6.45, 7) is 0. The van der Waals surface area contributed by atoms with Crippen molar-refractivity contribution in [1.29, 1.82) is 0 Å². The topological polar surface area (TPSA) is 88.5 Å². The molecule has 0 amide bonds. The first-order valence-electron chi connectivity index (χ1n) is 4.76. The third kappa shape index (κ3) is 2.79. The summed E-state index contributed by atoms with van der Waals surface area (Å²) in [5.74, 6) is -0.510. The van der Waals surface area contributed by atoms with Crippen LogP contribution < -0.4 is 0 Å². The van der Waals surface area contributed by atoms with Crippen LogP contribution >= 0.6 is 21.4 Å². The first-order chi connectivity index (χ1) is 8.60. The van der Waals surface area contributed by atoms with Gasteiger partial charge in [0.2, 0.25) is 0 Å². The number of rotatable bonds is 2. The highest BCUT2D eigenvalue weighted by molar-refractivity contribution is 8.14. The van der Waals surface area contributed by atoms with Crippen molar-refractivity contribution < 1.29 is 21.9 Å². The van der Waals surface area contributed by atoms with Gasteiger partial charge in [-0.05, 0) is 23.6 Å². The Morgan fingerprint density at radius 2 is 1.53 bits per heavy atom. The minimum atomic E-state index is -4.17. The Morgan fingerprint density at radius 1 is 0.895 bits per heavy atom. The van der Waals surface area contributed by atoms with Crippen LogP contribution in [-0.4, -0.2) is 21.9 Å². The Bertz CT molecular complexity index is 872. The van der Waals surface area contributed by atoms with Crippen LogP contribution in [0.1, 0.15) is 0 Å². The molecule has 0 aliphatic rings. The maximum absolute atomic E-state index is 11.4. The monoisotopic (exact) mass is 340 g/mol. The molecule has 0 aliphatic carbocycles. The molecule has 1 N–H and O–H groups in total. The van der Waals surface area contributed by atoms with E-state index in [9.17, 15) is 21.9 Å². The van der Waals surface area contributed by atoms with E-state index in [1.807, 2.05) is 0 Å². The maximum atomic E-state index is 11.4. The number of halogens is 2. The van der Waals surface area contributed by atoms with Crippen LogP contribution in [0.25, 0.3) is 10.8 Å². The molecule has 5 nitrogen and oxygen atoms in total. The molecule has 2 aromatic rings. The molecule has 0 spiro atoms. The number of benzene rings is 2. The van der Waals surface area contributed by atoms with E-state index in [1.54, 1.807) is 0 Å². The smallest absolute Gasteiger partial charge is 0.265 e. The molecule has 19 heavy (non-hydrogen) atoms. The van der Waals surface area contributed by atoms with Gasteiger partial charge in [-0.3, -0.25) is 0 Å². The van der Waals surface area contributed by atoms with Crippen molar-refractivity contribution in [3.8, 4) is 5.75 Å². The van der Waals surface area contributed by atoms with Gasteiger partial charge in [0.1, 0.15) is 10.6 Å². The van der Waals surface area contributed by atoms with E-state index < -0.39 is 28.7 Å². The second-order valence-electron chi connectivity index (χ2n) is 3.67. The largest absolute Gasteiger partial charge is 0.507 e. The summed E-state index contributed by atoms with van der Waals surface area (Å²) in [4.78, 5) is -0.643. The van der Waals surface area contributed by atoms with Gasteiger partial charge < -0.3 is 5.11 Å². The minimum Gasteiger partial charge on any atom is -0.507 e. The lowest BCUT2D eigenvalue weighted by Crippen LogP contribution is -1.95. The standard InChI is InChI=1S/C10H6Cl2O5S2/c11-18(14,15)7-2-3-8-6(5-7)1-4-9(13)10(8)19(12,16)17/h1-5,13H. The van der Waals surface area contributed by atoms with Crippen LogP contribution in [0.3, 0.4) is 0 Å². The predicted octanol–water partition coefficient (Wildman–Crippen LogP) is 2.40. The van der Waals surface area contributed by atoms with Crippen LogP contribution in [0.4, 0.5) is 0 Å². The molecule has 0 aliphatic heterocycles. The van der Waals surface area contributed by atoms with Crippen LogP contribution in [0.5, 0.6) is 5.75 Å². The first kappa shape index (κ1) is 14.4. The van der Waals surface area contributed by atoms with Gasteiger partial charge in [0.05, 0.1) is 4.90 Å². The van der Waals surface area contributed by atoms with Crippen LogP contribution in [0.2, 0.25) is 0 Å². The number of phenolic OH excluding ortho intramolecular Hbond substituents is 1. The van der Waals surface area contributed by atoms with E-state index in [1.165, 1.54) is 18.2 Å². The van der Waals surface area contributed by atoms with E-state index in [4.69, 9.17) is 21.4 Å². The van der Waals surface area contributed by atoms with Gasteiger partial charge in [-0.15, -0.1) is 0 Å². The molecular formula is C10H6Cl2O5S2. The lowest BCUT2D eigenvalue weighted by atomic mass is 10.1. The summed E-state index contributed by atoms with van der Waals surface area (Å²) in [6.07, 6.45) is 0. The average molecular weight is 341 g/mol. The Balaban J connectivity index is 2.91. The normalized spacial score (nSPS) is 12.7. The molecular weight excluding hydrogens is 335 g/mol. The van der Waals surface area contributed by atoms with Gasteiger partial charge in [-0.1, -0.05) is 12.1 Å². The summed E-state index contributed by atoms with van der Waals surface area (Å²) in [5.41, 5.74) is 0. The summed E-state index contributed by atoms with van der Waals surface area (Å²) < 4.78 is 45.2. The van der Waals surface area contributed by atoms with Gasteiger partial charge in [-0.25, -0.2) is 16.8 Å². The number of hydrogen-bond acceptors (Lipinski definition) is 5. The van der Waals surface area contributed by atoms with E-state index in [0.717, 1.165) is 12.1 Å². The maximum Gasteiger partial charge on any atom is 0.265 e. The van der Waals surface area contributed by atoms with Crippen molar-refractivity contribution in [2.24, 2.45) is 0 Å². The lowest BCUT2D eigenvalue weighted by molar-refractivity contribution is 0.461. The highest BCUT2D eigenvalue weighted by atomic mass is 35.7. The van der Waals surface area contributed by atoms with Crippen molar-refractivity contribution in [2.45, 2.75) is 9.79 Å². The SMILES string of the molecule is O=S(=O)(Cl)c1ccc2c(S(=O)(=O)Cl)c(O)ccc2c1. The lowest BCUT2D eigenvalue weighted by Gasteiger charge is -2.07. The van der Waals surface area contributed by atoms with Crippen molar-refractivity contribution in [3.05, 3.63) is 30.3 Å². The molecule has 9 heteroatoms. The fourth-order valence-corrected chi connectivity index (χ4v) is 3.71. The molecule has 0 aromatic heterocycles. The highest BCUT2D eigenvalue weighted by Crippen LogP contribution is 2.34. The minimum absolute atomic E-state index is 0.110. The molecule has 0 unspecified atom stereocenters. The molecule has 0 fully saturated rings. The Kier molecular flexibility index (Phi) is 3.42. The Morgan fingerprint density at radius 3 is 2.05 bits per heavy atom. The fraction of sp³-hybridized carbons (Fsp3) is 0. The summed E-state index contributed by atoms with van der Waals surface area (Å²) in [5, 5.41) is 9.95. The average Bonchev–Trinajstić information content (AvgIpc) is 2.25. The summed E-state index contributed by atoms with van der Waals surface area (Å²) in [7, 11) is 2.34. The molecule has 0 atom stereocenters. The third-order valence-corrected chi connectivity index (χ3v) is 5.18. The molecule has 0 bridgehead atoms. The molecule has 0 saturated carbocycles. The zero-order valence-electron chi connectivity index (χ0n) is 9.04. The zero-order valence-corrected chi connectivity index (χ0v) is 12.2. The Hall–Kier alpha value is -1.02. The van der Waals surface area contributed by atoms with E-state index in [-0.39, 0.29) is 15.7 Å². The second-order valence-corrected chi connectivity index (χ2v) is 8.74. The number of hydrogen-bond donors (Lipinski definition) is 1. The number of phenols is 1. The van der Waals surface area contributed by atoms with Gasteiger partial charge in [0.25, 0.3) is 18.1 Å².